The fourth-order valence-electron chi connectivity index (χ4n) is 4.26. The minimum absolute atomic E-state index is 0.0181. The van der Waals surface area contributed by atoms with Crippen LogP contribution in [0, 0.1) is 5.92 Å². The number of halogens is 1. The lowest BCUT2D eigenvalue weighted by molar-refractivity contribution is -0.152. The molecule has 0 saturated carbocycles. The second-order valence-corrected chi connectivity index (χ2v) is 9.87. The Kier molecular flexibility index (Phi) is 9.25. The van der Waals surface area contributed by atoms with Gasteiger partial charge in [0.05, 0.1) is 5.69 Å². The molecule has 0 fully saturated rings. The van der Waals surface area contributed by atoms with Gasteiger partial charge in [0.25, 0.3) is 0 Å². The number of esters is 1. The third-order valence-corrected chi connectivity index (χ3v) is 7.08. The van der Waals surface area contributed by atoms with Gasteiger partial charge >= 0.3 is 5.97 Å². The summed E-state index contributed by atoms with van der Waals surface area (Å²) < 4.78 is 6.00. The molecular weight excluding hydrogens is 502 g/mol. The minimum atomic E-state index is -0.737. The zero-order valence-corrected chi connectivity index (χ0v) is 22.7. The van der Waals surface area contributed by atoms with Crippen LogP contribution in [0.2, 0.25) is 5.15 Å². The average Bonchev–Trinajstić information content (AvgIpc) is 3.61. The Morgan fingerprint density at radius 2 is 1.92 bits per heavy atom. The first-order valence-corrected chi connectivity index (χ1v) is 13.4. The molecule has 4 rings (SSSR count). The van der Waals surface area contributed by atoms with Crippen molar-refractivity contribution in [2.24, 2.45) is 11.7 Å². The third kappa shape index (κ3) is 6.46. The van der Waals surface area contributed by atoms with E-state index >= 15 is 0 Å². The number of nitrogens with zero attached hydrogens (tertiary/aromatic N) is 4. The monoisotopic (exact) mass is 535 g/mol. The van der Waals surface area contributed by atoms with Crippen molar-refractivity contribution in [3.63, 3.8) is 0 Å². The lowest BCUT2D eigenvalue weighted by atomic mass is 9.94. The van der Waals surface area contributed by atoms with Gasteiger partial charge in [0, 0.05) is 18.4 Å². The molecule has 2 heterocycles. The van der Waals surface area contributed by atoms with Gasteiger partial charge in [-0.25, -0.2) is 4.98 Å². The second kappa shape index (κ2) is 12.8. The zero-order chi connectivity index (χ0) is 27.1. The zero-order valence-electron chi connectivity index (χ0n) is 21.9. The van der Waals surface area contributed by atoms with Gasteiger partial charge in [-0.2, -0.15) is 5.21 Å². The Bertz CT molecular complexity index is 1320. The molecular formula is C28H34ClN7O2. The summed E-state index contributed by atoms with van der Waals surface area (Å²) in [6.45, 7) is 6.05. The number of carbonyl (C=O) groups is 1. The maximum atomic E-state index is 13.0. The lowest BCUT2D eigenvalue weighted by Gasteiger charge is -2.22. The van der Waals surface area contributed by atoms with Gasteiger partial charge in [-0.15, -0.1) is 10.2 Å². The summed E-state index contributed by atoms with van der Waals surface area (Å²) in [6, 6.07) is 15.3. The molecule has 9 nitrogen and oxygen atoms in total. The van der Waals surface area contributed by atoms with Gasteiger partial charge in [-0.1, -0.05) is 87.7 Å². The molecule has 4 N–H and O–H groups in total. The predicted molar refractivity (Wildman–Crippen MR) is 147 cm³/mol. The van der Waals surface area contributed by atoms with E-state index < -0.39 is 18.1 Å². The van der Waals surface area contributed by atoms with Crippen molar-refractivity contribution in [1.82, 2.24) is 30.6 Å². The number of nitrogens with one attached hydrogen (secondary N) is 2. The van der Waals surface area contributed by atoms with E-state index in [1.54, 1.807) is 0 Å². The number of aryl methyl sites for hydroxylation is 1. The van der Waals surface area contributed by atoms with Crippen LogP contribution >= 0.6 is 11.6 Å². The Morgan fingerprint density at radius 3 is 2.61 bits per heavy atom. The minimum Gasteiger partial charge on any atom is -0.454 e. The number of aromatic amines is 2. The number of carbonyl (C=O) groups excluding carboxylic acids is 1. The second-order valence-electron chi connectivity index (χ2n) is 9.51. The highest BCUT2D eigenvalue weighted by Gasteiger charge is 2.28. The Labute approximate surface area is 227 Å². The summed E-state index contributed by atoms with van der Waals surface area (Å²) in [4.78, 5) is 20.8. The van der Waals surface area contributed by atoms with Crippen molar-refractivity contribution in [1.29, 1.82) is 0 Å². The number of tetrazole rings is 1. The van der Waals surface area contributed by atoms with Crippen LogP contribution in [0.25, 0.3) is 22.5 Å². The topological polar surface area (TPSA) is 135 Å². The lowest BCUT2D eigenvalue weighted by Crippen LogP contribution is -2.38. The molecule has 0 aliphatic heterocycles. The van der Waals surface area contributed by atoms with Crippen molar-refractivity contribution < 1.29 is 9.53 Å². The van der Waals surface area contributed by atoms with Crippen LogP contribution in [-0.4, -0.2) is 42.6 Å². The van der Waals surface area contributed by atoms with E-state index in [9.17, 15) is 4.79 Å². The fourth-order valence-corrected chi connectivity index (χ4v) is 4.53. The van der Waals surface area contributed by atoms with Gasteiger partial charge in [-0.3, -0.25) is 4.79 Å². The summed E-state index contributed by atoms with van der Waals surface area (Å²) in [6.07, 6.45) is 3.19. The number of hydrogen-bond acceptors (Lipinski definition) is 7. The van der Waals surface area contributed by atoms with Gasteiger partial charge in [0.2, 0.25) is 5.82 Å². The van der Waals surface area contributed by atoms with Crippen molar-refractivity contribution >= 4 is 17.6 Å². The molecule has 0 spiro atoms. The summed E-state index contributed by atoms with van der Waals surface area (Å²) in [5.74, 6) is 0.755. The Morgan fingerprint density at radius 1 is 1.13 bits per heavy atom. The highest BCUT2D eigenvalue weighted by molar-refractivity contribution is 6.30. The highest BCUT2D eigenvalue weighted by atomic mass is 35.5. The van der Waals surface area contributed by atoms with E-state index in [0.717, 1.165) is 53.8 Å². The molecule has 0 unspecified atom stereocenters. The molecule has 4 aromatic rings. The number of nitrogens with two attached hydrogens (primary N) is 1. The fraction of sp³-hybridized carbons (Fsp3) is 0.393. The van der Waals surface area contributed by atoms with Crippen LogP contribution in [-0.2, 0) is 22.4 Å². The molecule has 200 valence electrons. The number of rotatable bonds is 12. The SMILES string of the molecule is CCCCc1nc(Cl)c([C@@H](Cc2ccc(-c3ccccc3)c(-c3nn[nH]n3)c2)OC(=O)[C@H](N)[C@H](C)CC)[nH]1. The molecule has 2 aromatic carbocycles. The van der Waals surface area contributed by atoms with Crippen LogP contribution in [0.3, 0.4) is 0 Å². The van der Waals surface area contributed by atoms with Crippen LogP contribution in [0.5, 0.6) is 0 Å². The summed E-state index contributed by atoms with van der Waals surface area (Å²) >= 11 is 6.56. The molecule has 3 atom stereocenters. The molecule has 10 heteroatoms. The first-order chi connectivity index (χ1) is 18.4. The highest BCUT2D eigenvalue weighted by Crippen LogP contribution is 2.34. The van der Waals surface area contributed by atoms with Crippen molar-refractivity contribution in [2.75, 3.05) is 0 Å². The van der Waals surface area contributed by atoms with Crippen LogP contribution in [0.1, 0.15) is 63.2 Å². The van der Waals surface area contributed by atoms with E-state index in [-0.39, 0.29) is 5.92 Å². The van der Waals surface area contributed by atoms with Crippen LogP contribution in [0.15, 0.2) is 48.5 Å². The van der Waals surface area contributed by atoms with Crippen molar-refractivity contribution in [3.05, 3.63) is 70.8 Å². The largest absolute Gasteiger partial charge is 0.454 e. The normalized spacial score (nSPS) is 13.7. The van der Waals surface area contributed by atoms with Gasteiger partial charge in [0.15, 0.2) is 5.15 Å². The average molecular weight is 536 g/mol. The Balaban J connectivity index is 1.70. The number of H-pyrrole nitrogens is 2. The first kappa shape index (κ1) is 27.5. The van der Waals surface area contributed by atoms with E-state index in [0.29, 0.717) is 23.1 Å². The smallest absolute Gasteiger partial charge is 0.323 e. The molecule has 0 bridgehead atoms. The van der Waals surface area contributed by atoms with Gasteiger partial charge in [0.1, 0.15) is 18.0 Å². The van der Waals surface area contributed by atoms with E-state index in [1.165, 1.54) is 0 Å². The van der Waals surface area contributed by atoms with E-state index in [1.807, 2.05) is 62.4 Å². The van der Waals surface area contributed by atoms with Crippen molar-refractivity contribution in [3.8, 4) is 22.5 Å². The summed E-state index contributed by atoms with van der Waals surface area (Å²) in [5.41, 5.74) is 10.5. The Hall–Kier alpha value is -3.56. The van der Waals surface area contributed by atoms with Gasteiger partial charge in [-0.05, 0) is 40.3 Å². The predicted octanol–water partition coefficient (Wildman–Crippen LogP) is 5.45. The molecule has 0 amide bonds. The van der Waals surface area contributed by atoms with Crippen molar-refractivity contribution in [2.45, 2.75) is 65.0 Å². The first-order valence-electron chi connectivity index (χ1n) is 13.0. The molecule has 0 aliphatic rings. The number of imidazole rings is 1. The number of unbranched alkanes of at least 4 members (excludes halogenated alkanes) is 1. The van der Waals surface area contributed by atoms with Gasteiger partial charge < -0.3 is 15.5 Å². The van der Waals surface area contributed by atoms with Crippen LogP contribution < -0.4 is 5.73 Å². The quantitative estimate of drug-likeness (QED) is 0.205. The van der Waals surface area contributed by atoms with Crippen LogP contribution in [0.4, 0.5) is 0 Å². The molecule has 0 saturated heterocycles. The standard InChI is InChI=1S/C28H34ClN7O2/c1-4-6-12-23-31-25(26(29)32-23)22(38-28(37)24(30)17(3)5-2)16-18-13-14-20(19-10-8-7-9-11-19)21(15-18)27-33-35-36-34-27/h7-11,13-15,17,22,24H,4-6,12,16,30H2,1-3H3,(H,31,32)(H,33,34,35,36)/t17-,22-,24-/m1/s1. The number of ether oxygens (including phenoxy) is 1. The van der Waals surface area contributed by atoms with E-state index in [4.69, 9.17) is 22.1 Å². The number of aromatic nitrogens is 6. The molecule has 2 aromatic heterocycles. The maximum Gasteiger partial charge on any atom is 0.323 e. The molecule has 0 radical (unpaired) electrons. The maximum absolute atomic E-state index is 13.0. The number of hydrogen-bond donors (Lipinski definition) is 3. The molecule has 38 heavy (non-hydrogen) atoms. The van der Waals surface area contributed by atoms with E-state index in [2.05, 4.69) is 37.5 Å². The summed E-state index contributed by atoms with van der Waals surface area (Å²) in [7, 11) is 0. The molecule has 0 aliphatic carbocycles. The summed E-state index contributed by atoms with van der Waals surface area (Å²) in [5, 5.41) is 15.0. The number of benzene rings is 2. The third-order valence-electron chi connectivity index (χ3n) is 6.79.